The van der Waals surface area contributed by atoms with Crippen molar-refractivity contribution in [1.29, 1.82) is 0 Å². The van der Waals surface area contributed by atoms with E-state index >= 15 is 0 Å². The topological polar surface area (TPSA) is 117 Å². The molecule has 0 fully saturated rings. The van der Waals surface area contributed by atoms with Crippen LogP contribution in [0.3, 0.4) is 0 Å². The molecule has 0 atom stereocenters. The zero-order valence-corrected chi connectivity index (χ0v) is 20.7. The van der Waals surface area contributed by atoms with E-state index in [-0.39, 0.29) is 6.09 Å². The number of hydrogen-bond acceptors (Lipinski definition) is 9. The zero-order valence-electron chi connectivity index (χ0n) is 19.9. The van der Waals surface area contributed by atoms with Crippen LogP contribution < -0.4 is 15.5 Å². The summed E-state index contributed by atoms with van der Waals surface area (Å²) in [7, 11) is 1.54. The molecule has 6 rings (SSSR count). The van der Waals surface area contributed by atoms with E-state index in [2.05, 4.69) is 42.9 Å². The normalized spacial score (nSPS) is 13.5. The average Bonchev–Trinajstić information content (AvgIpc) is 3.57. The summed E-state index contributed by atoms with van der Waals surface area (Å²) in [5, 5.41) is 4.31. The molecule has 0 saturated carbocycles. The van der Waals surface area contributed by atoms with Crippen molar-refractivity contribution in [1.82, 2.24) is 24.8 Å². The molecule has 0 radical (unpaired) electrons. The number of aromatic amines is 1. The summed E-state index contributed by atoms with van der Waals surface area (Å²) in [5.41, 5.74) is 10.1. The number of H-pyrrole nitrogens is 1. The Hall–Kier alpha value is -4.48. The number of fused-ring (bicyclic) bond motifs is 2. The molecule has 0 unspecified atom stereocenters. The van der Waals surface area contributed by atoms with Crippen molar-refractivity contribution in [2.24, 2.45) is 0 Å². The van der Waals surface area contributed by atoms with Crippen LogP contribution in [-0.4, -0.2) is 51.1 Å². The smallest absolute Gasteiger partial charge is 0.410 e. The molecule has 2 aromatic carbocycles. The van der Waals surface area contributed by atoms with Gasteiger partial charge in [0.1, 0.15) is 23.5 Å². The second-order valence-corrected chi connectivity index (χ2v) is 9.34. The molecular weight excluding hydrogens is 490 g/mol. The van der Waals surface area contributed by atoms with Gasteiger partial charge in [-0.05, 0) is 60.5 Å². The van der Waals surface area contributed by atoms with E-state index in [0.717, 1.165) is 49.7 Å². The van der Waals surface area contributed by atoms with E-state index in [4.69, 9.17) is 9.57 Å². The highest BCUT2D eigenvalue weighted by Crippen LogP contribution is 2.30. The first kappa shape index (κ1) is 23.0. The van der Waals surface area contributed by atoms with E-state index in [9.17, 15) is 4.79 Å². The van der Waals surface area contributed by atoms with Crippen LogP contribution in [0.25, 0.3) is 26.8 Å². The fourth-order valence-corrected chi connectivity index (χ4v) is 4.95. The van der Waals surface area contributed by atoms with Crippen molar-refractivity contribution in [3.8, 4) is 5.75 Å². The Morgan fingerprint density at radius 1 is 1.08 bits per heavy atom. The molecule has 3 aromatic heterocycles. The first-order valence-corrected chi connectivity index (χ1v) is 12.5. The quantitative estimate of drug-likeness (QED) is 0.252. The van der Waals surface area contributed by atoms with Crippen LogP contribution in [0.4, 0.5) is 22.0 Å². The summed E-state index contributed by atoms with van der Waals surface area (Å²) in [6, 6.07) is 15.1. The lowest BCUT2D eigenvalue weighted by molar-refractivity contribution is 0.157. The molecule has 186 valence electrons. The minimum Gasteiger partial charge on any atom is -0.410 e. The first-order valence-electron chi connectivity index (χ1n) is 11.7. The molecule has 0 spiro atoms. The Bertz CT molecular complexity index is 1610. The first-order chi connectivity index (χ1) is 18.2. The Kier molecular flexibility index (Phi) is 6.13. The Balaban J connectivity index is 1.15. The fraction of sp³-hybridized carbons (Fsp3) is 0.154. The molecule has 11 heteroatoms. The number of ether oxygens (including phenoxy) is 1. The SMILES string of the molecule is CONc1ccc(OC(=O)N2CC=C(c3cc4c(Nc5ccc6ncsc6c5)ncnc4[nH]3)CC2)cc1. The van der Waals surface area contributed by atoms with E-state index in [0.29, 0.717) is 25.3 Å². The molecule has 5 aromatic rings. The van der Waals surface area contributed by atoms with Crippen LogP contribution in [0.5, 0.6) is 5.75 Å². The standard InChI is InChI=1S/C26H23N7O3S/c1-35-32-17-2-5-19(6-3-17)36-26(34)33-10-8-16(9-11-33)22-13-20-24(27-14-28-25(20)31-22)30-18-4-7-21-23(12-18)37-15-29-21/h2-8,12-15,32H,9-11H2,1H3,(H2,27,28,30,31). The summed E-state index contributed by atoms with van der Waals surface area (Å²) >= 11 is 1.60. The minimum absolute atomic E-state index is 0.380. The van der Waals surface area contributed by atoms with Crippen LogP contribution in [0.15, 0.2) is 66.4 Å². The molecule has 1 aliphatic heterocycles. The van der Waals surface area contributed by atoms with Crippen LogP contribution in [-0.2, 0) is 4.84 Å². The molecule has 3 N–H and O–H groups in total. The van der Waals surface area contributed by atoms with Gasteiger partial charge in [0.2, 0.25) is 0 Å². The molecular formula is C26H23N7O3S. The van der Waals surface area contributed by atoms with Gasteiger partial charge in [-0.2, -0.15) is 0 Å². The number of aromatic nitrogens is 4. The van der Waals surface area contributed by atoms with Gasteiger partial charge >= 0.3 is 6.09 Å². The third kappa shape index (κ3) is 4.82. The summed E-state index contributed by atoms with van der Waals surface area (Å²) < 4.78 is 6.63. The largest absolute Gasteiger partial charge is 0.415 e. The second-order valence-electron chi connectivity index (χ2n) is 8.45. The maximum atomic E-state index is 12.6. The molecule has 0 bridgehead atoms. The van der Waals surface area contributed by atoms with Gasteiger partial charge in [-0.3, -0.25) is 10.3 Å². The van der Waals surface area contributed by atoms with Crippen LogP contribution >= 0.6 is 11.3 Å². The van der Waals surface area contributed by atoms with Gasteiger partial charge in [0.05, 0.1) is 33.9 Å². The highest BCUT2D eigenvalue weighted by atomic mass is 32.1. The highest BCUT2D eigenvalue weighted by Gasteiger charge is 2.21. The maximum absolute atomic E-state index is 12.6. The number of nitrogens with one attached hydrogen (secondary N) is 3. The van der Waals surface area contributed by atoms with Crippen molar-refractivity contribution < 1.29 is 14.4 Å². The van der Waals surface area contributed by atoms with Crippen molar-refractivity contribution in [3.63, 3.8) is 0 Å². The number of thiazole rings is 1. The van der Waals surface area contributed by atoms with Gasteiger partial charge in [0, 0.05) is 24.5 Å². The molecule has 10 nitrogen and oxygen atoms in total. The van der Waals surface area contributed by atoms with Gasteiger partial charge in [0.25, 0.3) is 0 Å². The van der Waals surface area contributed by atoms with Gasteiger partial charge in [-0.1, -0.05) is 6.08 Å². The lowest BCUT2D eigenvalue weighted by atomic mass is 10.1. The van der Waals surface area contributed by atoms with E-state index in [1.54, 1.807) is 46.8 Å². The fourth-order valence-electron chi connectivity index (χ4n) is 4.24. The monoisotopic (exact) mass is 513 g/mol. The number of nitrogens with zero attached hydrogens (tertiary/aromatic N) is 4. The molecule has 1 amide bonds. The van der Waals surface area contributed by atoms with E-state index in [1.807, 2.05) is 23.7 Å². The predicted molar refractivity (Wildman–Crippen MR) is 144 cm³/mol. The molecule has 1 aliphatic rings. The molecule has 0 saturated heterocycles. The lowest BCUT2D eigenvalue weighted by Gasteiger charge is -2.25. The molecule has 0 aliphatic carbocycles. The number of amides is 1. The third-order valence-electron chi connectivity index (χ3n) is 6.11. The number of carbonyl (C=O) groups excluding carboxylic acids is 1. The summed E-state index contributed by atoms with van der Waals surface area (Å²) in [6.45, 7) is 1.01. The van der Waals surface area contributed by atoms with Crippen LogP contribution in [0.2, 0.25) is 0 Å². The van der Waals surface area contributed by atoms with E-state index < -0.39 is 0 Å². The van der Waals surface area contributed by atoms with Gasteiger partial charge in [-0.15, -0.1) is 11.3 Å². The zero-order chi connectivity index (χ0) is 25.2. The average molecular weight is 514 g/mol. The van der Waals surface area contributed by atoms with Crippen LogP contribution in [0, 0.1) is 0 Å². The number of anilines is 3. The highest BCUT2D eigenvalue weighted by molar-refractivity contribution is 7.16. The Morgan fingerprint density at radius 3 is 2.76 bits per heavy atom. The molecule has 37 heavy (non-hydrogen) atoms. The van der Waals surface area contributed by atoms with Crippen molar-refractivity contribution in [2.75, 3.05) is 31.0 Å². The minimum atomic E-state index is -0.380. The number of carbonyl (C=O) groups is 1. The molecule has 4 heterocycles. The third-order valence-corrected chi connectivity index (χ3v) is 6.90. The van der Waals surface area contributed by atoms with E-state index in [1.165, 1.54) is 7.11 Å². The summed E-state index contributed by atoms with van der Waals surface area (Å²) in [5.74, 6) is 1.20. The summed E-state index contributed by atoms with van der Waals surface area (Å²) in [4.78, 5) is 35.8. The van der Waals surface area contributed by atoms with Gasteiger partial charge in [0.15, 0.2) is 0 Å². The number of rotatable bonds is 6. The summed E-state index contributed by atoms with van der Waals surface area (Å²) in [6.07, 6.45) is 3.90. The number of benzene rings is 2. The Morgan fingerprint density at radius 2 is 1.95 bits per heavy atom. The second kappa shape index (κ2) is 9.88. The predicted octanol–water partition coefficient (Wildman–Crippen LogP) is 5.57. The lowest BCUT2D eigenvalue weighted by Crippen LogP contribution is -2.36. The Labute approximate surface area is 215 Å². The van der Waals surface area contributed by atoms with Crippen LogP contribution in [0.1, 0.15) is 12.1 Å². The van der Waals surface area contributed by atoms with Crippen molar-refractivity contribution in [2.45, 2.75) is 6.42 Å². The van der Waals surface area contributed by atoms with Crippen molar-refractivity contribution >= 4 is 61.4 Å². The van der Waals surface area contributed by atoms with Crippen molar-refractivity contribution in [3.05, 3.63) is 72.1 Å². The maximum Gasteiger partial charge on any atom is 0.415 e. The van der Waals surface area contributed by atoms with Gasteiger partial charge in [-0.25, -0.2) is 19.7 Å². The van der Waals surface area contributed by atoms with Gasteiger partial charge < -0.3 is 19.9 Å². The number of hydrogen-bond donors (Lipinski definition) is 3.